The third-order valence-corrected chi connectivity index (χ3v) is 8.50. The summed E-state index contributed by atoms with van der Waals surface area (Å²) in [6.45, 7) is 6.44. The number of likely N-dealkylation sites (N-methyl/N-ethyl adjacent to an activating group) is 1. The molecule has 45 heavy (non-hydrogen) atoms. The van der Waals surface area contributed by atoms with Crippen LogP contribution in [0.15, 0.2) is 85.2 Å². The molecule has 3 aromatic carbocycles. The maximum Gasteiger partial charge on any atom is 0.253 e. The molecule has 6 rings (SSSR count). The van der Waals surface area contributed by atoms with Crippen LogP contribution in [0.2, 0.25) is 0 Å². The number of carbonyl (C=O) groups excluding carboxylic acids is 1. The van der Waals surface area contributed by atoms with Gasteiger partial charge in [-0.3, -0.25) is 15.1 Å². The average molecular weight is 605 g/mol. The van der Waals surface area contributed by atoms with Crippen molar-refractivity contribution in [3.63, 3.8) is 0 Å². The van der Waals surface area contributed by atoms with Crippen LogP contribution in [0.25, 0.3) is 0 Å². The molecule has 10 heteroatoms. The zero-order chi connectivity index (χ0) is 31.2. The van der Waals surface area contributed by atoms with Gasteiger partial charge in [-0.25, -0.2) is 9.97 Å². The van der Waals surface area contributed by atoms with Crippen LogP contribution in [0.3, 0.4) is 0 Å². The zero-order valence-corrected chi connectivity index (χ0v) is 25.7. The van der Waals surface area contributed by atoms with Gasteiger partial charge in [0, 0.05) is 63.0 Å². The van der Waals surface area contributed by atoms with E-state index in [9.17, 15) is 4.79 Å². The van der Waals surface area contributed by atoms with E-state index in [2.05, 4.69) is 44.3 Å². The van der Waals surface area contributed by atoms with E-state index in [4.69, 9.17) is 15.9 Å². The lowest BCUT2D eigenvalue weighted by Crippen LogP contribution is -2.45. The second-order valence-electron chi connectivity index (χ2n) is 11.8. The summed E-state index contributed by atoms with van der Waals surface area (Å²) in [4.78, 5) is 28.8. The molecule has 10 nitrogen and oxygen atoms in total. The van der Waals surface area contributed by atoms with E-state index in [0.29, 0.717) is 41.3 Å². The molecule has 4 N–H and O–H groups in total. The molecule has 0 aliphatic carbocycles. The smallest absolute Gasteiger partial charge is 0.253 e. The van der Waals surface area contributed by atoms with Crippen molar-refractivity contribution in [2.75, 3.05) is 57.4 Å². The van der Waals surface area contributed by atoms with Crippen LogP contribution in [0.1, 0.15) is 39.9 Å². The van der Waals surface area contributed by atoms with Crippen LogP contribution >= 0.6 is 0 Å². The van der Waals surface area contributed by atoms with Crippen LogP contribution in [0, 0.1) is 5.41 Å². The van der Waals surface area contributed by atoms with Crippen molar-refractivity contribution in [1.29, 1.82) is 5.41 Å². The highest BCUT2D eigenvalue weighted by Crippen LogP contribution is 2.27. The van der Waals surface area contributed by atoms with Gasteiger partial charge < -0.3 is 25.6 Å². The molecule has 0 unspecified atom stereocenters. The van der Waals surface area contributed by atoms with Crippen molar-refractivity contribution < 1.29 is 9.53 Å². The van der Waals surface area contributed by atoms with E-state index in [0.717, 1.165) is 51.3 Å². The van der Waals surface area contributed by atoms with Crippen LogP contribution < -0.4 is 15.8 Å². The lowest BCUT2D eigenvalue weighted by molar-refractivity contribution is 0.0714. The van der Waals surface area contributed by atoms with Gasteiger partial charge in [0.05, 0.1) is 11.3 Å². The fourth-order valence-corrected chi connectivity index (χ4v) is 5.89. The fraction of sp³-hybridized carbons (Fsp3) is 0.314. The summed E-state index contributed by atoms with van der Waals surface area (Å²) in [7, 11) is 2.16. The monoisotopic (exact) mass is 604 g/mol. The standard InChI is InChI=1S/C35H40N8O2/c1-41-18-20-42(21-19-41)22-25-9-11-27(12-10-25)35(44)43-17-5-6-28(23-43)40-34-31(33(37)38-24-39-34)32(36)26-13-15-30(16-14-26)45-29-7-3-2-4-8-29/h2-4,7-16,24,28,36H,5-6,17-23H2,1H3,(H3,37,38,39,40)/t28-/m1/s1. The van der Waals surface area contributed by atoms with Crippen molar-refractivity contribution in [2.24, 2.45) is 0 Å². The minimum Gasteiger partial charge on any atom is -0.457 e. The van der Waals surface area contributed by atoms with Crippen LogP contribution in [-0.2, 0) is 6.54 Å². The first-order valence-electron chi connectivity index (χ1n) is 15.5. The molecule has 0 spiro atoms. The minimum atomic E-state index is -0.0401. The third-order valence-electron chi connectivity index (χ3n) is 8.50. The van der Waals surface area contributed by atoms with Gasteiger partial charge in [0.1, 0.15) is 29.5 Å². The molecular formula is C35H40N8O2. The van der Waals surface area contributed by atoms with E-state index < -0.39 is 0 Å². The molecule has 4 aromatic rings. The van der Waals surface area contributed by atoms with Crippen LogP contribution in [0.4, 0.5) is 11.6 Å². The summed E-state index contributed by atoms with van der Waals surface area (Å²) < 4.78 is 5.90. The van der Waals surface area contributed by atoms with Crippen LogP contribution in [-0.4, -0.2) is 88.6 Å². The van der Waals surface area contributed by atoms with E-state index >= 15 is 0 Å². The molecule has 1 aromatic heterocycles. The Bertz CT molecular complexity index is 1600. The predicted molar refractivity (Wildman–Crippen MR) is 177 cm³/mol. The number of piperazine rings is 1. The second-order valence-corrected chi connectivity index (χ2v) is 11.8. The highest BCUT2D eigenvalue weighted by atomic mass is 16.5. The molecule has 2 aliphatic heterocycles. The Morgan fingerprint density at radius 2 is 1.60 bits per heavy atom. The number of benzene rings is 3. The number of para-hydroxylation sites is 1. The number of piperidine rings is 1. The maximum atomic E-state index is 13.5. The highest BCUT2D eigenvalue weighted by Gasteiger charge is 2.27. The van der Waals surface area contributed by atoms with Crippen molar-refractivity contribution in [3.05, 3.63) is 107 Å². The SMILES string of the molecule is CN1CCN(Cc2ccc(C(=O)N3CCC[C@@H](Nc4ncnc(N)c4C(=N)c4ccc(Oc5ccccc5)cc4)C3)cc2)CC1. The molecular weight excluding hydrogens is 564 g/mol. The number of hydrogen-bond donors (Lipinski definition) is 3. The maximum absolute atomic E-state index is 13.5. The van der Waals surface area contributed by atoms with Gasteiger partial charge in [-0.05, 0) is 74.0 Å². The number of amides is 1. The number of aromatic nitrogens is 2. The number of ether oxygens (including phenoxy) is 1. The van der Waals surface area contributed by atoms with Crippen molar-refractivity contribution in [3.8, 4) is 11.5 Å². The fourth-order valence-electron chi connectivity index (χ4n) is 5.89. The number of hydrogen-bond acceptors (Lipinski definition) is 9. The molecule has 2 saturated heterocycles. The summed E-state index contributed by atoms with van der Waals surface area (Å²) in [6.07, 6.45) is 3.14. The first-order valence-corrected chi connectivity index (χ1v) is 15.5. The van der Waals surface area contributed by atoms with E-state index in [-0.39, 0.29) is 23.5 Å². The number of nitrogens with two attached hydrogens (primary N) is 1. The zero-order valence-electron chi connectivity index (χ0n) is 25.7. The largest absolute Gasteiger partial charge is 0.457 e. The number of likely N-dealkylation sites (tertiary alicyclic amines) is 1. The van der Waals surface area contributed by atoms with Gasteiger partial charge >= 0.3 is 0 Å². The molecule has 2 aliphatic rings. The number of anilines is 2. The van der Waals surface area contributed by atoms with Crippen molar-refractivity contribution in [1.82, 2.24) is 24.7 Å². The molecule has 0 radical (unpaired) electrons. The topological polar surface area (TPSA) is 124 Å². The summed E-state index contributed by atoms with van der Waals surface area (Å²) in [5, 5.41) is 12.5. The van der Waals surface area contributed by atoms with E-state index in [1.807, 2.05) is 71.6 Å². The summed E-state index contributed by atoms with van der Waals surface area (Å²) in [5.41, 5.74) is 9.54. The lowest BCUT2D eigenvalue weighted by atomic mass is 10.0. The van der Waals surface area contributed by atoms with Gasteiger partial charge in [-0.15, -0.1) is 0 Å². The minimum absolute atomic E-state index is 0.0284. The van der Waals surface area contributed by atoms with Crippen LogP contribution in [0.5, 0.6) is 11.5 Å². The first-order chi connectivity index (χ1) is 21.9. The summed E-state index contributed by atoms with van der Waals surface area (Å²) in [5.74, 6) is 2.16. The van der Waals surface area contributed by atoms with Gasteiger partial charge in [0.2, 0.25) is 0 Å². The molecule has 0 bridgehead atoms. The van der Waals surface area contributed by atoms with Gasteiger partial charge in [-0.1, -0.05) is 30.3 Å². The Morgan fingerprint density at radius 1 is 0.911 bits per heavy atom. The Balaban J connectivity index is 1.09. The van der Waals surface area contributed by atoms with Crippen molar-refractivity contribution in [2.45, 2.75) is 25.4 Å². The highest BCUT2D eigenvalue weighted by molar-refractivity contribution is 6.16. The summed E-state index contributed by atoms with van der Waals surface area (Å²) in [6, 6.07) is 24.9. The molecule has 1 amide bonds. The molecule has 0 saturated carbocycles. The number of nitrogens with one attached hydrogen (secondary N) is 2. The van der Waals surface area contributed by atoms with E-state index in [1.54, 1.807) is 0 Å². The van der Waals surface area contributed by atoms with Gasteiger partial charge in [0.25, 0.3) is 5.91 Å². The molecule has 3 heterocycles. The predicted octanol–water partition coefficient (Wildman–Crippen LogP) is 4.73. The third kappa shape index (κ3) is 7.47. The average Bonchev–Trinajstić information content (AvgIpc) is 3.07. The summed E-state index contributed by atoms with van der Waals surface area (Å²) >= 11 is 0. The normalized spacial score (nSPS) is 17.5. The number of rotatable bonds is 9. The second kappa shape index (κ2) is 13.9. The lowest BCUT2D eigenvalue weighted by Gasteiger charge is -2.34. The Labute approximate surface area is 264 Å². The molecule has 1 atom stereocenters. The molecule has 2 fully saturated rings. The molecule has 232 valence electrons. The number of nitrogens with zero attached hydrogens (tertiary/aromatic N) is 5. The first kappa shape index (κ1) is 30.2. The van der Waals surface area contributed by atoms with E-state index in [1.165, 1.54) is 11.9 Å². The van der Waals surface area contributed by atoms with Crippen molar-refractivity contribution >= 4 is 23.3 Å². The Morgan fingerprint density at radius 3 is 2.33 bits per heavy atom. The quantitative estimate of drug-likeness (QED) is 0.234. The number of nitrogen functional groups attached to an aromatic ring is 1. The Hall–Kier alpha value is -4.80. The van der Waals surface area contributed by atoms with Gasteiger partial charge in [-0.2, -0.15) is 0 Å². The van der Waals surface area contributed by atoms with Gasteiger partial charge in [0.15, 0.2) is 0 Å². The number of carbonyl (C=O) groups is 1. The Kier molecular flexibility index (Phi) is 9.33.